The Bertz CT molecular complexity index is 178. The van der Waals surface area contributed by atoms with Gasteiger partial charge in [0.2, 0.25) is 0 Å². The highest BCUT2D eigenvalue weighted by Gasteiger charge is 2.01. The molecule has 0 radical (unpaired) electrons. The van der Waals surface area contributed by atoms with Crippen molar-refractivity contribution in [3.05, 3.63) is 12.7 Å². The topological polar surface area (TPSA) is 35.5 Å². The summed E-state index contributed by atoms with van der Waals surface area (Å²) < 4.78 is 10.1. The lowest BCUT2D eigenvalue weighted by Gasteiger charge is -2.04. The molecule has 0 heterocycles. The predicted octanol–water partition coefficient (Wildman–Crippen LogP) is 3.09. The van der Waals surface area contributed by atoms with Gasteiger partial charge in [-0.25, -0.2) is 0 Å². The van der Waals surface area contributed by atoms with Crippen molar-refractivity contribution in [3.8, 4) is 0 Å². The smallest absolute Gasteiger partial charge is 0.305 e. The van der Waals surface area contributed by atoms with Crippen LogP contribution in [0.15, 0.2) is 12.7 Å². The monoisotopic (exact) mass is 228 g/mol. The number of carbonyl (C=O) groups excluding carboxylic acids is 1. The van der Waals surface area contributed by atoms with Crippen molar-refractivity contribution in [2.45, 2.75) is 45.4 Å². The SMILES string of the molecule is C=CCOCCOC(=O)CCCCCCC. The van der Waals surface area contributed by atoms with Gasteiger partial charge in [-0.3, -0.25) is 4.79 Å². The fourth-order valence-corrected chi connectivity index (χ4v) is 1.33. The van der Waals surface area contributed by atoms with Crippen LogP contribution in [0.2, 0.25) is 0 Å². The molecule has 16 heavy (non-hydrogen) atoms. The van der Waals surface area contributed by atoms with Gasteiger partial charge in [0.1, 0.15) is 6.61 Å². The first-order valence-corrected chi connectivity index (χ1v) is 6.15. The third-order valence-corrected chi connectivity index (χ3v) is 2.21. The van der Waals surface area contributed by atoms with Gasteiger partial charge in [-0.15, -0.1) is 6.58 Å². The van der Waals surface area contributed by atoms with Crippen LogP contribution in [0, 0.1) is 0 Å². The summed E-state index contributed by atoms with van der Waals surface area (Å²) in [5, 5.41) is 0. The second-order valence-electron chi connectivity index (χ2n) is 3.75. The third-order valence-electron chi connectivity index (χ3n) is 2.21. The zero-order valence-corrected chi connectivity index (χ0v) is 10.4. The Morgan fingerprint density at radius 1 is 1.19 bits per heavy atom. The molecule has 0 amide bonds. The second kappa shape index (κ2) is 12.2. The highest BCUT2D eigenvalue weighted by atomic mass is 16.6. The molecule has 0 aromatic carbocycles. The highest BCUT2D eigenvalue weighted by Crippen LogP contribution is 2.05. The first-order chi connectivity index (χ1) is 7.81. The number of hydrogen-bond donors (Lipinski definition) is 0. The average molecular weight is 228 g/mol. The van der Waals surface area contributed by atoms with Crippen LogP contribution in [0.4, 0.5) is 0 Å². The standard InChI is InChI=1S/C13H24O3/c1-3-5-6-7-8-9-13(14)16-12-11-15-10-4-2/h4H,2-3,5-12H2,1H3. The molecule has 0 fully saturated rings. The lowest BCUT2D eigenvalue weighted by molar-refractivity contribution is -0.145. The zero-order chi connectivity index (χ0) is 12.1. The van der Waals surface area contributed by atoms with Gasteiger partial charge in [-0.05, 0) is 6.42 Å². The molecule has 0 atom stereocenters. The average Bonchev–Trinajstić information content (AvgIpc) is 2.28. The van der Waals surface area contributed by atoms with Crippen molar-refractivity contribution in [3.63, 3.8) is 0 Å². The number of carbonyl (C=O) groups is 1. The zero-order valence-electron chi connectivity index (χ0n) is 10.4. The summed E-state index contributed by atoms with van der Waals surface area (Å²) in [6, 6.07) is 0. The van der Waals surface area contributed by atoms with E-state index in [-0.39, 0.29) is 5.97 Å². The van der Waals surface area contributed by atoms with Gasteiger partial charge in [0.15, 0.2) is 0 Å². The van der Waals surface area contributed by atoms with E-state index in [4.69, 9.17) is 9.47 Å². The summed E-state index contributed by atoms with van der Waals surface area (Å²) in [5.41, 5.74) is 0. The molecule has 0 spiro atoms. The van der Waals surface area contributed by atoms with Crippen LogP contribution in [0.5, 0.6) is 0 Å². The molecule has 0 rings (SSSR count). The van der Waals surface area contributed by atoms with Crippen molar-refractivity contribution in [1.29, 1.82) is 0 Å². The van der Waals surface area contributed by atoms with Crippen molar-refractivity contribution in [1.82, 2.24) is 0 Å². The Labute approximate surface area is 98.8 Å². The minimum atomic E-state index is -0.112. The van der Waals surface area contributed by atoms with E-state index in [0.29, 0.717) is 26.2 Å². The largest absolute Gasteiger partial charge is 0.463 e. The van der Waals surface area contributed by atoms with E-state index in [9.17, 15) is 4.79 Å². The van der Waals surface area contributed by atoms with Gasteiger partial charge in [0.05, 0.1) is 13.2 Å². The normalized spacial score (nSPS) is 10.1. The second-order valence-corrected chi connectivity index (χ2v) is 3.75. The van der Waals surface area contributed by atoms with Gasteiger partial charge in [0.25, 0.3) is 0 Å². The fourth-order valence-electron chi connectivity index (χ4n) is 1.33. The van der Waals surface area contributed by atoms with E-state index in [1.54, 1.807) is 6.08 Å². The molecule has 3 nitrogen and oxygen atoms in total. The van der Waals surface area contributed by atoms with Crippen LogP contribution < -0.4 is 0 Å². The number of esters is 1. The molecule has 94 valence electrons. The first kappa shape index (κ1) is 15.2. The Hall–Kier alpha value is -0.830. The summed E-state index contributed by atoms with van der Waals surface area (Å²) in [4.78, 5) is 11.2. The van der Waals surface area contributed by atoms with Crippen molar-refractivity contribution >= 4 is 5.97 Å². The van der Waals surface area contributed by atoms with Gasteiger partial charge in [-0.2, -0.15) is 0 Å². The van der Waals surface area contributed by atoms with Crippen molar-refractivity contribution in [2.24, 2.45) is 0 Å². The molecule has 3 heteroatoms. The van der Waals surface area contributed by atoms with Crippen LogP contribution in [0.1, 0.15) is 45.4 Å². The first-order valence-electron chi connectivity index (χ1n) is 6.15. The summed E-state index contributed by atoms with van der Waals surface area (Å²) in [5.74, 6) is -0.112. The van der Waals surface area contributed by atoms with Gasteiger partial charge in [-0.1, -0.05) is 38.7 Å². The summed E-state index contributed by atoms with van der Waals surface area (Å²) in [6.45, 7) is 7.01. The Kier molecular flexibility index (Phi) is 11.6. The number of unbranched alkanes of at least 4 members (excludes halogenated alkanes) is 4. The van der Waals surface area contributed by atoms with E-state index < -0.39 is 0 Å². The lowest BCUT2D eigenvalue weighted by Crippen LogP contribution is -2.10. The minimum Gasteiger partial charge on any atom is -0.463 e. The van der Waals surface area contributed by atoms with Crippen molar-refractivity contribution in [2.75, 3.05) is 19.8 Å². The third kappa shape index (κ3) is 11.2. The molecule has 0 unspecified atom stereocenters. The summed E-state index contributed by atoms with van der Waals surface area (Å²) in [7, 11) is 0. The molecule has 0 aliphatic carbocycles. The van der Waals surface area contributed by atoms with E-state index in [2.05, 4.69) is 13.5 Å². The van der Waals surface area contributed by atoms with Gasteiger partial charge >= 0.3 is 5.97 Å². The summed E-state index contributed by atoms with van der Waals surface area (Å²) in [6.07, 6.45) is 7.96. The molecule has 0 saturated heterocycles. The number of ether oxygens (including phenoxy) is 2. The Balaban J connectivity index is 3.15. The van der Waals surface area contributed by atoms with Crippen LogP contribution in [0.25, 0.3) is 0 Å². The molecular weight excluding hydrogens is 204 g/mol. The van der Waals surface area contributed by atoms with E-state index in [1.807, 2.05) is 0 Å². The molecular formula is C13H24O3. The Morgan fingerprint density at radius 2 is 1.94 bits per heavy atom. The Morgan fingerprint density at radius 3 is 2.62 bits per heavy atom. The van der Waals surface area contributed by atoms with E-state index >= 15 is 0 Å². The molecule has 0 N–H and O–H groups in total. The molecule has 0 aromatic rings. The van der Waals surface area contributed by atoms with Crippen LogP contribution in [0.3, 0.4) is 0 Å². The fraction of sp³-hybridized carbons (Fsp3) is 0.769. The molecule has 0 aliphatic rings. The van der Waals surface area contributed by atoms with E-state index in [1.165, 1.54) is 19.3 Å². The number of hydrogen-bond acceptors (Lipinski definition) is 3. The molecule has 0 saturated carbocycles. The lowest BCUT2D eigenvalue weighted by atomic mass is 10.1. The molecule has 0 bridgehead atoms. The minimum absolute atomic E-state index is 0.112. The number of rotatable bonds is 11. The highest BCUT2D eigenvalue weighted by molar-refractivity contribution is 5.69. The predicted molar refractivity (Wildman–Crippen MR) is 65.4 cm³/mol. The maximum atomic E-state index is 11.2. The van der Waals surface area contributed by atoms with Gasteiger partial charge < -0.3 is 9.47 Å². The maximum Gasteiger partial charge on any atom is 0.305 e. The van der Waals surface area contributed by atoms with Crippen LogP contribution in [-0.2, 0) is 14.3 Å². The van der Waals surface area contributed by atoms with Crippen LogP contribution >= 0.6 is 0 Å². The maximum absolute atomic E-state index is 11.2. The summed E-state index contributed by atoms with van der Waals surface area (Å²) >= 11 is 0. The van der Waals surface area contributed by atoms with Gasteiger partial charge in [0, 0.05) is 6.42 Å². The van der Waals surface area contributed by atoms with E-state index in [0.717, 1.165) is 12.8 Å². The molecule has 0 aromatic heterocycles. The van der Waals surface area contributed by atoms with Crippen molar-refractivity contribution < 1.29 is 14.3 Å². The quantitative estimate of drug-likeness (QED) is 0.310. The molecule has 0 aliphatic heterocycles. The van der Waals surface area contributed by atoms with Crippen LogP contribution in [-0.4, -0.2) is 25.8 Å².